The van der Waals surface area contributed by atoms with Gasteiger partial charge in [-0.2, -0.15) is 0 Å². The van der Waals surface area contributed by atoms with Crippen LogP contribution >= 0.6 is 0 Å². The Morgan fingerprint density at radius 2 is 1.94 bits per heavy atom. The zero-order chi connectivity index (χ0) is 11.8. The van der Waals surface area contributed by atoms with Crippen molar-refractivity contribution in [2.24, 2.45) is 11.8 Å². The van der Waals surface area contributed by atoms with E-state index in [1.807, 2.05) is 18.5 Å². The van der Waals surface area contributed by atoms with Gasteiger partial charge in [0.05, 0.1) is 0 Å². The first kappa shape index (κ1) is 13.2. The van der Waals surface area contributed by atoms with E-state index in [9.17, 15) is 0 Å². The van der Waals surface area contributed by atoms with E-state index in [2.05, 4.69) is 31.8 Å². The SMILES string of the molecule is CC(C)CCCC(C)CCc1cccnc1. The Bertz CT molecular complexity index is 266. The summed E-state index contributed by atoms with van der Waals surface area (Å²) in [6.45, 7) is 6.98. The highest BCUT2D eigenvalue weighted by molar-refractivity contribution is 5.08. The Morgan fingerprint density at radius 3 is 2.56 bits per heavy atom. The molecule has 1 unspecified atom stereocenters. The van der Waals surface area contributed by atoms with Crippen LogP contribution in [0.1, 0.15) is 52.0 Å². The first-order valence-electron chi connectivity index (χ1n) is 6.57. The van der Waals surface area contributed by atoms with E-state index >= 15 is 0 Å². The molecule has 16 heavy (non-hydrogen) atoms. The lowest BCUT2D eigenvalue weighted by molar-refractivity contribution is 0.437. The molecule has 0 aliphatic carbocycles. The van der Waals surface area contributed by atoms with E-state index in [0.29, 0.717) is 0 Å². The molecule has 0 aliphatic rings. The Kier molecular flexibility index (Phi) is 6.14. The number of rotatable bonds is 7. The van der Waals surface area contributed by atoms with E-state index in [1.165, 1.54) is 37.7 Å². The van der Waals surface area contributed by atoms with Crippen molar-refractivity contribution in [3.8, 4) is 0 Å². The fourth-order valence-corrected chi connectivity index (χ4v) is 1.98. The number of hydrogen-bond acceptors (Lipinski definition) is 1. The summed E-state index contributed by atoms with van der Waals surface area (Å²) in [6, 6.07) is 4.20. The summed E-state index contributed by atoms with van der Waals surface area (Å²) in [5.74, 6) is 1.70. The molecule has 1 atom stereocenters. The van der Waals surface area contributed by atoms with Gasteiger partial charge in [0.2, 0.25) is 0 Å². The number of aromatic nitrogens is 1. The Balaban J connectivity index is 2.13. The first-order valence-corrected chi connectivity index (χ1v) is 6.57. The third-order valence-corrected chi connectivity index (χ3v) is 3.13. The molecule has 0 bridgehead atoms. The maximum Gasteiger partial charge on any atom is 0.0299 e. The number of hydrogen-bond donors (Lipinski definition) is 0. The molecule has 0 fully saturated rings. The molecule has 0 saturated heterocycles. The topological polar surface area (TPSA) is 12.9 Å². The van der Waals surface area contributed by atoms with Crippen molar-refractivity contribution >= 4 is 0 Å². The normalized spacial score (nSPS) is 13.0. The minimum Gasteiger partial charge on any atom is -0.264 e. The minimum absolute atomic E-state index is 0.846. The minimum atomic E-state index is 0.846. The van der Waals surface area contributed by atoms with Gasteiger partial charge in [-0.05, 0) is 36.3 Å². The highest BCUT2D eigenvalue weighted by Gasteiger charge is 2.03. The average Bonchev–Trinajstić information content (AvgIpc) is 2.27. The molecule has 1 heterocycles. The molecule has 1 aromatic rings. The van der Waals surface area contributed by atoms with E-state index in [0.717, 1.165) is 11.8 Å². The standard InChI is InChI=1S/C15H25N/c1-13(2)6-4-7-14(3)9-10-15-8-5-11-16-12-15/h5,8,11-14H,4,6-7,9-10H2,1-3H3. The summed E-state index contributed by atoms with van der Waals surface area (Å²) in [7, 11) is 0. The lowest BCUT2D eigenvalue weighted by Crippen LogP contribution is -1.99. The quantitative estimate of drug-likeness (QED) is 0.659. The van der Waals surface area contributed by atoms with Crippen molar-refractivity contribution in [3.63, 3.8) is 0 Å². The van der Waals surface area contributed by atoms with E-state index in [4.69, 9.17) is 0 Å². The van der Waals surface area contributed by atoms with E-state index in [-0.39, 0.29) is 0 Å². The number of aryl methyl sites for hydroxylation is 1. The van der Waals surface area contributed by atoms with Crippen LogP contribution in [0.5, 0.6) is 0 Å². The van der Waals surface area contributed by atoms with Gasteiger partial charge >= 0.3 is 0 Å². The molecule has 0 saturated carbocycles. The summed E-state index contributed by atoms with van der Waals surface area (Å²) in [5, 5.41) is 0. The van der Waals surface area contributed by atoms with Crippen molar-refractivity contribution in [3.05, 3.63) is 30.1 Å². The predicted molar refractivity (Wildman–Crippen MR) is 70.4 cm³/mol. The van der Waals surface area contributed by atoms with Gasteiger partial charge in [0.1, 0.15) is 0 Å². The first-order chi connectivity index (χ1) is 7.68. The third kappa shape index (κ3) is 5.89. The fraction of sp³-hybridized carbons (Fsp3) is 0.667. The molecule has 1 rings (SSSR count). The second-order valence-electron chi connectivity index (χ2n) is 5.33. The van der Waals surface area contributed by atoms with Gasteiger partial charge in [-0.3, -0.25) is 4.98 Å². The summed E-state index contributed by atoms with van der Waals surface area (Å²) in [4.78, 5) is 4.15. The molecular formula is C15H25N. The van der Waals surface area contributed by atoms with Crippen LogP contribution in [-0.4, -0.2) is 4.98 Å². The zero-order valence-corrected chi connectivity index (χ0v) is 10.9. The molecule has 0 amide bonds. The van der Waals surface area contributed by atoms with Crippen molar-refractivity contribution in [2.45, 2.75) is 52.9 Å². The molecule has 1 aromatic heterocycles. The van der Waals surface area contributed by atoms with E-state index in [1.54, 1.807) is 0 Å². The van der Waals surface area contributed by atoms with Gasteiger partial charge in [0.15, 0.2) is 0 Å². The Hall–Kier alpha value is -0.850. The monoisotopic (exact) mass is 219 g/mol. The smallest absolute Gasteiger partial charge is 0.0299 e. The lowest BCUT2D eigenvalue weighted by Gasteiger charge is -2.11. The van der Waals surface area contributed by atoms with Crippen molar-refractivity contribution in [1.29, 1.82) is 0 Å². The van der Waals surface area contributed by atoms with Crippen LogP contribution in [0.3, 0.4) is 0 Å². The van der Waals surface area contributed by atoms with Crippen LogP contribution in [-0.2, 0) is 6.42 Å². The van der Waals surface area contributed by atoms with Crippen LogP contribution in [0.15, 0.2) is 24.5 Å². The third-order valence-electron chi connectivity index (χ3n) is 3.13. The maximum absolute atomic E-state index is 4.15. The molecule has 0 aliphatic heterocycles. The highest BCUT2D eigenvalue weighted by atomic mass is 14.6. The van der Waals surface area contributed by atoms with E-state index < -0.39 is 0 Å². The number of nitrogens with zero attached hydrogens (tertiary/aromatic N) is 1. The Labute approximate surface area is 100 Å². The van der Waals surface area contributed by atoms with Gasteiger partial charge in [0, 0.05) is 12.4 Å². The number of pyridine rings is 1. The highest BCUT2D eigenvalue weighted by Crippen LogP contribution is 2.17. The molecule has 0 radical (unpaired) electrons. The van der Waals surface area contributed by atoms with Crippen LogP contribution in [0.2, 0.25) is 0 Å². The molecule has 0 N–H and O–H groups in total. The van der Waals surface area contributed by atoms with Crippen LogP contribution < -0.4 is 0 Å². The van der Waals surface area contributed by atoms with Gasteiger partial charge in [-0.1, -0.05) is 46.1 Å². The van der Waals surface area contributed by atoms with Gasteiger partial charge < -0.3 is 0 Å². The van der Waals surface area contributed by atoms with Crippen LogP contribution in [0, 0.1) is 11.8 Å². The molecule has 1 heteroatoms. The molecular weight excluding hydrogens is 194 g/mol. The maximum atomic E-state index is 4.15. The second-order valence-corrected chi connectivity index (χ2v) is 5.33. The van der Waals surface area contributed by atoms with Crippen LogP contribution in [0.4, 0.5) is 0 Å². The largest absolute Gasteiger partial charge is 0.264 e. The summed E-state index contributed by atoms with van der Waals surface area (Å²) in [6.07, 6.45) is 10.4. The second kappa shape index (κ2) is 7.43. The summed E-state index contributed by atoms with van der Waals surface area (Å²) >= 11 is 0. The van der Waals surface area contributed by atoms with Crippen molar-refractivity contribution in [2.75, 3.05) is 0 Å². The molecule has 0 spiro atoms. The van der Waals surface area contributed by atoms with Crippen molar-refractivity contribution < 1.29 is 0 Å². The van der Waals surface area contributed by atoms with Gasteiger partial charge in [-0.15, -0.1) is 0 Å². The lowest BCUT2D eigenvalue weighted by atomic mass is 9.95. The molecule has 0 aromatic carbocycles. The van der Waals surface area contributed by atoms with Crippen molar-refractivity contribution in [1.82, 2.24) is 4.98 Å². The average molecular weight is 219 g/mol. The summed E-state index contributed by atoms with van der Waals surface area (Å²) in [5.41, 5.74) is 1.37. The van der Waals surface area contributed by atoms with Gasteiger partial charge in [0.25, 0.3) is 0 Å². The Morgan fingerprint density at radius 1 is 1.12 bits per heavy atom. The van der Waals surface area contributed by atoms with Crippen LogP contribution in [0.25, 0.3) is 0 Å². The zero-order valence-electron chi connectivity index (χ0n) is 10.9. The predicted octanol–water partition coefficient (Wildman–Crippen LogP) is 4.48. The molecule has 90 valence electrons. The summed E-state index contributed by atoms with van der Waals surface area (Å²) < 4.78 is 0. The molecule has 1 nitrogen and oxygen atoms in total. The van der Waals surface area contributed by atoms with Gasteiger partial charge in [-0.25, -0.2) is 0 Å². The fourth-order valence-electron chi connectivity index (χ4n) is 1.98.